The van der Waals surface area contributed by atoms with E-state index in [-0.39, 0.29) is 18.3 Å². The minimum absolute atomic E-state index is 0.0855. The van der Waals surface area contributed by atoms with Crippen molar-refractivity contribution < 1.29 is 13.2 Å². The van der Waals surface area contributed by atoms with Crippen molar-refractivity contribution in [1.82, 2.24) is 15.0 Å². The molecule has 8 heteroatoms. The summed E-state index contributed by atoms with van der Waals surface area (Å²) in [7, 11) is 1.46. The summed E-state index contributed by atoms with van der Waals surface area (Å²) in [6.07, 6.45) is -2.91. The van der Waals surface area contributed by atoms with Gasteiger partial charge in [0.15, 0.2) is 5.69 Å². The standard InChI is InChI=1S/C12H12F3N5/c1-16-11-19-9(12(13,14)15)6-10(20-11)18-7-8-4-2-3-5-17-8/h2-6H,7H2,1H3,(H2,16,18,19,20). The number of aromatic nitrogens is 3. The lowest BCUT2D eigenvalue weighted by atomic mass is 10.3. The fourth-order valence-electron chi connectivity index (χ4n) is 1.48. The topological polar surface area (TPSA) is 62.7 Å². The van der Waals surface area contributed by atoms with E-state index in [1.807, 2.05) is 0 Å². The molecule has 2 heterocycles. The molecule has 0 unspecified atom stereocenters. The molecule has 106 valence electrons. The molecule has 0 bridgehead atoms. The molecule has 0 aliphatic carbocycles. The Morgan fingerprint density at radius 2 is 2.00 bits per heavy atom. The largest absolute Gasteiger partial charge is 0.433 e. The van der Waals surface area contributed by atoms with E-state index in [1.54, 1.807) is 24.4 Å². The predicted octanol–water partition coefficient (Wildman–Crippen LogP) is 2.54. The normalized spacial score (nSPS) is 11.2. The summed E-state index contributed by atoms with van der Waals surface area (Å²) in [5.74, 6) is -0.00864. The van der Waals surface area contributed by atoms with Gasteiger partial charge in [-0.1, -0.05) is 6.07 Å². The highest BCUT2D eigenvalue weighted by molar-refractivity contribution is 5.43. The Kier molecular flexibility index (Phi) is 4.02. The molecule has 0 amide bonds. The van der Waals surface area contributed by atoms with Gasteiger partial charge in [-0.05, 0) is 12.1 Å². The highest BCUT2D eigenvalue weighted by atomic mass is 19.4. The number of pyridine rings is 1. The Labute approximate surface area is 113 Å². The highest BCUT2D eigenvalue weighted by Gasteiger charge is 2.33. The van der Waals surface area contributed by atoms with Crippen LogP contribution in [0.15, 0.2) is 30.5 Å². The van der Waals surface area contributed by atoms with E-state index >= 15 is 0 Å². The number of rotatable bonds is 4. The van der Waals surface area contributed by atoms with Gasteiger partial charge in [-0.15, -0.1) is 0 Å². The Bertz CT molecular complexity index is 571. The zero-order chi connectivity index (χ0) is 14.6. The molecular formula is C12H12F3N5. The van der Waals surface area contributed by atoms with Crippen molar-refractivity contribution in [3.63, 3.8) is 0 Å². The Morgan fingerprint density at radius 1 is 1.20 bits per heavy atom. The average Bonchev–Trinajstić information content (AvgIpc) is 2.45. The lowest BCUT2D eigenvalue weighted by Crippen LogP contribution is -2.13. The molecule has 0 saturated carbocycles. The summed E-state index contributed by atoms with van der Waals surface area (Å²) in [6, 6.07) is 6.18. The number of nitrogens with zero attached hydrogens (tertiary/aromatic N) is 3. The van der Waals surface area contributed by atoms with Crippen molar-refractivity contribution in [2.75, 3.05) is 17.7 Å². The number of halogens is 3. The number of nitrogens with one attached hydrogen (secondary N) is 2. The van der Waals surface area contributed by atoms with Crippen LogP contribution in [-0.4, -0.2) is 22.0 Å². The predicted molar refractivity (Wildman–Crippen MR) is 68.1 cm³/mol. The van der Waals surface area contributed by atoms with Gasteiger partial charge in [0.25, 0.3) is 0 Å². The zero-order valence-corrected chi connectivity index (χ0v) is 10.6. The minimum atomic E-state index is -4.52. The van der Waals surface area contributed by atoms with Crippen LogP contribution in [0, 0.1) is 0 Å². The number of hydrogen-bond donors (Lipinski definition) is 2. The SMILES string of the molecule is CNc1nc(NCc2ccccn2)cc(C(F)(F)F)n1. The van der Waals surface area contributed by atoms with Crippen molar-refractivity contribution in [2.24, 2.45) is 0 Å². The molecule has 5 nitrogen and oxygen atoms in total. The van der Waals surface area contributed by atoms with Crippen LogP contribution in [-0.2, 0) is 12.7 Å². The second-order valence-corrected chi connectivity index (χ2v) is 3.88. The Balaban J connectivity index is 2.19. The monoisotopic (exact) mass is 283 g/mol. The molecule has 0 saturated heterocycles. The third kappa shape index (κ3) is 3.56. The molecule has 0 aliphatic rings. The van der Waals surface area contributed by atoms with Crippen molar-refractivity contribution in [1.29, 1.82) is 0 Å². The van der Waals surface area contributed by atoms with Crippen LogP contribution in [0.25, 0.3) is 0 Å². The fraction of sp³-hybridized carbons (Fsp3) is 0.250. The van der Waals surface area contributed by atoms with E-state index in [4.69, 9.17) is 0 Å². The first-order valence-corrected chi connectivity index (χ1v) is 5.77. The molecule has 2 aromatic heterocycles. The Hall–Kier alpha value is -2.38. The average molecular weight is 283 g/mol. The molecule has 2 rings (SSSR count). The van der Waals surface area contributed by atoms with Gasteiger partial charge < -0.3 is 10.6 Å². The lowest BCUT2D eigenvalue weighted by Gasteiger charge is -2.11. The molecule has 0 aromatic carbocycles. The second kappa shape index (κ2) is 5.72. The number of hydrogen-bond acceptors (Lipinski definition) is 5. The van der Waals surface area contributed by atoms with E-state index in [1.165, 1.54) is 7.05 Å². The van der Waals surface area contributed by atoms with Crippen molar-refractivity contribution in [3.8, 4) is 0 Å². The first-order valence-electron chi connectivity index (χ1n) is 5.77. The van der Waals surface area contributed by atoms with E-state index in [0.29, 0.717) is 5.69 Å². The zero-order valence-electron chi connectivity index (χ0n) is 10.6. The van der Waals surface area contributed by atoms with Crippen molar-refractivity contribution in [3.05, 3.63) is 41.9 Å². The number of alkyl halides is 3. The lowest BCUT2D eigenvalue weighted by molar-refractivity contribution is -0.141. The third-order valence-electron chi connectivity index (χ3n) is 2.42. The van der Waals surface area contributed by atoms with E-state index in [9.17, 15) is 13.2 Å². The molecule has 2 N–H and O–H groups in total. The molecular weight excluding hydrogens is 271 g/mol. The van der Waals surface area contributed by atoms with Gasteiger partial charge in [-0.3, -0.25) is 4.98 Å². The van der Waals surface area contributed by atoms with Crippen molar-refractivity contribution in [2.45, 2.75) is 12.7 Å². The minimum Gasteiger partial charge on any atom is -0.364 e. The van der Waals surface area contributed by atoms with Crippen LogP contribution < -0.4 is 10.6 Å². The van der Waals surface area contributed by atoms with Gasteiger partial charge in [-0.25, -0.2) is 4.98 Å². The summed E-state index contributed by atoms with van der Waals surface area (Å²) >= 11 is 0. The van der Waals surface area contributed by atoms with E-state index in [2.05, 4.69) is 25.6 Å². The molecule has 0 fully saturated rings. The van der Waals surface area contributed by atoms with E-state index < -0.39 is 11.9 Å². The van der Waals surface area contributed by atoms with Crippen LogP contribution in [0.4, 0.5) is 24.9 Å². The van der Waals surface area contributed by atoms with Crippen LogP contribution in [0.2, 0.25) is 0 Å². The second-order valence-electron chi connectivity index (χ2n) is 3.88. The summed E-state index contributed by atoms with van der Waals surface area (Å²) in [5.41, 5.74) is -0.300. The van der Waals surface area contributed by atoms with Crippen molar-refractivity contribution >= 4 is 11.8 Å². The molecule has 2 aromatic rings. The summed E-state index contributed by atoms with van der Waals surface area (Å²) in [5, 5.41) is 5.29. The maximum Gasteiger partial charge on any atom is 0.433 e. The smallest absolute Gasteiger partial charge is 0.364 e. The quantitative estimate of drug-likeness (QED) is 0.903. The van der Waals surface area contributed by atoms with Crippen LogP contribution >= 0.6 is 0 Å². The molecule has 0 spiro atoms. The molecule has 0 radical (unpaired) electrons. The van der Waals surface area contributed by atoms with Crippen LogP contribution in [0.1, 0.15) is 11.4 Å². The van der Waals surface area contributed by atoms with Gasteiger partial charge in [0, 0.05) is 19.3 Å². The van der Waals surface area contributed by atoms with Gasteiger partial charge >= 0.3 is 6.18 Å². The maximum atomic E-state index is 12.7. The fourth-order valence-corrected chi connectivity index (χ4v) is 1.48. The summed E-state index contributed by atoms with van der Waals surface area (Å²) in [6.45, 7) is 0.276. The first kappa shape index (κ1) is 14.0. The highest BCUT2D eigenvalue weighted by Crippen LogP contribution is 2.29. The van der Waals surface area contributed by atoms with Gasteiger partial charge in [-0.2, -0.15) is 18.2 Å². The van der Waals surface area contributed by atoms with Gasteiger partial charge in [0.05, 0.1) is 12.2 Å². The van der Waals surface area contributed by atoms with Crippen LogP contribution in [0.5, 0.6) is 0 Å². The molecule has 0 aliphatic heterocycles. The summed E-state index contributed by atoms with van der Waals surface area (Å²) in [4.78, 5) is 11.4. The summed E-state index contributed by atoms with van der Waals surface area (Å²) < 4.78 is 38.1. The molecule has 0 atom stereocenters. The van der Waals surface area contributed by atoms with Gasteiger partial charge in [0.2, 0.25) is 5.95 Å². The van der Waals surface area contributed by atoms with Gasteiger partial charge in [0.1, 0.15) is 5.82 Å². The molecule has 20 heavy (non-hydrogen) atoms. The first-order chi connectivity index (χ1) is 9.49. The maximum absolute atomic E-state index is 12.7. The van der Waals surface area contributed by atoms with Crippen LogP contribution in [0.3, 0.4) is 0 Å². The Morgan fingerprint density at radius 3 is 2.60 bits per heavy atom. The third-order valence-corrected chi connectivity index (χ3v) is 2.42. The van der Waals surface area contributed by atoms with E-state index in [0.717, 1.165) is 6.07 Å². The number of anilines is 2.